The van der Waals surface area contributed by atoms with Crippen LogP contribution in [-0.4, -0.2) is 37.0 Å². The highest BCUT2D eigenvalue weighted by Gasteiger charge is 2.32. The summed E-state index contributed by atoms with van der Waals surface area (Å²) in [5, 5.41) is 2.63. The molecule has 0 aliphatic carbocycles. The van der Waals surface area contributed by atoms with Crippen molar-refractivity contribution < 1.29 is 22.8 Å². The molecule has 0 aromatic carbocycles. The summed E-state index contributed by atoms with van der Waals surface area (Å²) < 4.78 is 40.4. The quantitative estimate of drug-likeness (QED) is 0.330. The van der Waals surface area contributed by atoms with Gasteiger partial charge in [-0.15, -0.1) is 0 Å². The number of hydrogen-bond donors (Lipinski definition) is 1. The van der Waals surface area contributed by atoms with Gasteiger partial charge in [0.1, 0.15) is 17.3 Å². The van der Waals surface area contributed by atoms with Crippen molar-refractivity contribution in [2.24, 2.45) is 12.0 Å². The Bertz CT molecular complexity index is 1600. The van der Waals surface area contributed by atoms with E-state index in [2.05, 4.69) is 20.3 Å². The third-order valence-corrected chi connectivity index (χ3v) is 6.12. The van der Waals surface area contributed by atoms with Crippen LogP contribution in [0.1, 0.15) is 38.4 Å². The predicted octanol–water partition coefficient (Wildman–Crippen LogP) is 3.99. The number of carbonyl (C=O) groups is 2. The first-order chi connectivity index (χ1) is 18.7. The lowest BCUT2D eigenvalue weighted by Gasteiger charge is -2.12. The van der Waals surface area contributed by atoms with Crippen LogP contribution in [0.5, 0.6) is 0 Å². The highest BCUT2D eigenvalue weighted by molar-refractivity contribution is 6.06. The molecule has 0 atom stereocenters. The second-order valence-corrected chi connectivity index (χ2v) is 8.93. The number of alkyl halides is 3. The molecule has 0 aliphatic heterocycles. The van der Waals surface area contributed by atoms with Crippen molar-refractivity contribution >= 4 is 29.5 Å². The fourth-order valence-corrected chi connectivity index (χ4v) is 3.54. The van der Waals surface area contributed by atoms with Crippen LogP contribution in [-0.2, 0) is 29.4 Å². The van der Waals surface area contributed by atoms with Gasteiger partial charge in [0.05, 0.1) is 17.8 Å². The first-order valence-electron chi connectivity index (χ1n) is 12.1. The molecule has 13 heteroatoms. The van der Waals surface area contributed by atoms with Gasteiger partial charge >= 0.3 is 11.9 Å². The zero-order chi connectivity index (χ0) is 29.8. The van der Waals surface area contributed by atoms with Gasteiger partial charge in [0.25, 0.3) is 11.5 Å². The van der Waals surface area contributed by atoms with E-state index in [0.29, 0.717) is 16.8 Å². The van der Waals surface area contributed by atoms with Gasteiger partial charge in [0.2, 0.25) is 0 Å². The SMILES string of the molecule is CCC(=O)Cn1c(=O)c(C)c(/N=C\C(C)=C(\C)C(=O)Nc2cccc(-c3ccc(C(F)(F)F)nc3)n2)n(C)c1=O. The number of pyridine rings is 2. The number of amides is 1. The lowest BCUT2D eigenvalue weighted by atomic mass is 10.1. The Hall–Kier alpha value is -4.68. The molecular formula is C27H27F3N6O4. The maximum absolute atomic E-state index is 12.8. The number of hydrogen-bond acceptors (Lipinski definition) is 7. The average Bonchev–Trinajstić information content (AvgIpc) is 2.93. The maximum atomic E-state index is 12.8. The molecule has 0 spiro atoms. The Morgan fingerprint density at radius 1 is 1.12 bits per heavy atom. The van der Waals surface area contributed by atoms with Crippen LogP contribution in [0.4, 0.5) is 24.8 Å². The summed E-state index contributed by atoms with van der Waals surface area (Å²) in [5.74, 6) is -0.526. The van der Waals surface area contributed by atoms with Crippen molar-refractivity contribution in [2.45, 2.75) is 46.8 Å². The van der Waals surface area contributed by atoms with E-state index in [-0.39, 0.29) is 41.5 Å². The van der Waals surface area contributed by atoms with E-state index in [1.165, 1.54) is 32.3 Å². The van der Waals surface area contributed by atoms with Gasteiger partial charge in [-0.2, -0.15) is 13.2 Å². The van der Waals surface area contributed by atoms with Crippen molar-refractivity contribution in [2.75, 3.05) is 5.32 Å². The summed E-state index contributed by atoms with van der Waals surface area (Å²) in [7, 11) is 1.43. The fraction of sp³-hybridized carbons (Fsp3) is 0.296. The van der Waals surface area contributed by atoms with Crippen molar-refractivity contribution in [1.82, 2.24) is 19.1 Å². The van der Waals surface area contributed by atoms with Gasteiger partial charge < -0.3 is 5.32 Å². The number of Topliss-reactive ketones (excluding diaryl/α,β-unsaturated/α-hetero) is 1. The van der Waals surface area contributed by atoms with E-state index in [9.17, 15) is 32.3 Å². The summed E-state index contributed by atoms with van der Waals surface area (Å²) in [6.45, 7) is 5.96. The van der Waals surface area contributed by atoms with Crippen molar-refractivity contribution in [3.63, 3.8) is 0 Å². The largest absolute Gasteiger partial charge is 0.433 e. The van der Waals surface area contributed by atoms with Crippen LogP contribution < -0.4 is 16.6 Å². The topological polar surface area (TPSA) is 128 Å². The number of nitrogens with one attached hydrogen (secondary N) is 1. The van der Waals surface area contributed by atoms with Crippen molar-refractivity contribution in [3.8, 4) is 11.3 Å². The molecular weight excluding hydrogens is 529 g/mol. The molecule has 3 aromatic rings. The van der Waals surface area contributed by atoms with Crippen LogP contribution in [0.3, 0.4) is 0 Å². The second kappa shape index (κ2) is 12.0. The number of anilines is 1. The number of allylic oxidation sites excluding steroid dienone is 1. The third kappa shape index (κ3) is 6.65. The summed E-state index contributed by atoms with van der Waals surface area (Å²) in [5.41, 5.74) is -0.836. The smallest absolute Gasteiger partial charge is 0.307 e. The first kappa shape index (κ1) is 29.9. The molecule has 3 heterocycles. The molecule has 210 valence electrons. The summed E-state index contributed by atoms with van der Waals surface area (Å²) in [6.07, 6.45) is -1.98. The molecule has 0 unspecified atom stereocenters. The van der Waals surface area contributed by atoms with E-state index in [0.717, 1.165) is 21.4 Å². The molecule has 0 aliphatic rings. The lowest BCUT2D eigenvalue weighted by molar-refractivity contribution is -0.141. The van der Waals surface area contributed by atoms with Gasteiger partial charge in [0, 0.05) is 37.0 Å². The normalized spacial score (nSPS) is 12.4. The summed E-state index contributed by atoms with van der Waals surface area (Å²) >= 11 is 0. The predicted molar refractivity (Wildman–Crippen MR) is 144 cm³/mol. The number of aliphatic imine (C=N–C) groups is 1. The van der Waals surface area contributed by atoms with Gasteiger partial charge in [-0.05, 0) is 50.6 Å². The number of halogens is 3. The Labute approximate surface area is 226 Å². The van der Waals surface area contributed by atoms with E-state index >= 15 is 0 Å². The number of ketones is 1. The number of rotatable bonds is 8. The van der Waals surface area contributed by atoms with Crippen molar-refractivity contribution in [1.29, 1.82) is 0 Å². The second-order valence-electron chi connectivity index (χ2n) is 8.93. The van der Waals surface area contributed by atoms with Crippen LogP contribution in [0, 0.1) is 6.92 Å². The maximum Gasteiger partial charge on any atom is 0.433 e. The molecule has 3 aromatic heterocycles. The van der Waals surface area contributed by atoms with Gasteiger partial charge in [-0.25, -0.2) is 14.8 Å². The standard InChI is InChI=1S/C27H27F3N6O4/c1-6-19(37)14-36-25(39)17(4)23(35(5)26(36)40)32-12-15(2)16(3)24(38)34-22-9-7-8-20(33-22)18-10-11-21(31-13-18)27(28,29)30/h7-13H,6,14H2,1-5H3,(H,33,34,38)/b16-15-,32-12-. The molecule has 0 saturated heterocycles. The zero-order valence-electron chi connectivity index (χ0n) is 22.5. The Morgan fingerprint density at radius 2 is 1.82 bits per heavy atom. The number of carbonyl (C=O) groups excluding carboxylic acids is 2. The van der Waals surface area contributed by atoms with Crippen LogP contribution in [0.25, 0.3) is 11.3 Å². The molecule has 0 fully saturated rings. The van der Waals surface area contributed by atoms with Crippen LogP contribution >= 0.6 is 0 Å². The highest BCUT2D eigenvalue weighted by atomic mass is 19.4. The fourth-order valence-electron chi connectivity index (χ4n) is 3.54. The average molecular weight is 557 g/mol. The molecule has 0 radical (unpaired) electrons. The molecule has 40 heavy (non-hydrogen) atoms. The number of nitrogens with zero attached hydrogens (tertiary/aromatic N) is 5. The van der Waals surface area contributed by atoms with E-state index in [1.54, 1.807) is 32.9 Å². The van der Waals surface area contributed by atoms with Crippen molar-refractivity contribution in [3.05, 3.63) is 79.8 Å². The molecule has 0 saturated carbocycles. The summed E-state index contributed by atoms with van der Waals surface area (Å²) in [6, 6.07) is 6.77. The third-order valence-electron chi connectivity index (χ3n) is 6.12. The van der Waals surface area contributed by atoms with E-state index in [1.807, 2.05) is 0 Å². The van der Waals surface area contributed by atoms with E-state index in [4.69, 9.17) is 0 Å². The molecule has 3 rings (SSSR count). The van der Waals surface area contributed by atoms with Gasteiger partial charge in [-0.1, -0.05) is 13.0 Å². The summed E-state index contributed by atoms with van der Waals surface area (Å²) in [4.78, 5) is 61.9. The number of aromatic nitrogens is 4. The zero-order valence-corrected chi connectivity index (χ0v) is 22.5. The van der Waals surface area contributed by atoms with Gasteiger partial charge in [-0.3, -0.25) is 28.5 Å². The van der Waals surface area contributed by atoms with E-state index < -0.39 is 29.0 Å². The Morgan fingerprint density at radius 3 is 2.42 bits per heavy atom. The minimum Gasteiger partial charge on any atom is -0.307 e. The highest BCUT2D eigenvalue weighted by Crippen LogP contribution is 2.28. The Balaban J connectivity index is 1.82. The monoisotopic (exact) mass is 556 g/mol. The van der Waals surface area contributed by atoms with Crippen LogP contribution in [0.15, 0.2) is 62.3 Å². The Kier molecular flexibility index (Phi) is 8.97. The van der Waals surface area contributed by atoms with Gasteiger partial charge in [0.15, 0.2) is 5.78 Å². The minimum absolute atomic E-state index is 0.0854. The molecule has 0 bridgehead atoms. The minimum atomic E-state index is -4.56. The molecule has 1 N–H and O–H groups in total. The molecule has 1 amide bonds. The molecule has 10 nitrogen and oxygen atoms in total. The lowest BCUT2D eigenvalue weighted by Crippen LogP contribution is -2.41. The first-order valence-corrected chi connectivity index (χ1v) is 12.1. The van der Waals surface area contributed by atoms with Crippen LogP contribution in [0.2, 0.25) is 0 Å².